The minimum absolute atomic E-state index is 0. The zero-order valence-electron chi connectivity index (χ0n) is 18.2. The predicted octanol–water partition coefficient (Wildman–Crippen LogP) is 4.69. The highest BCUT2D eigenvalue weighted by atomic mass is 35.5. The fraction of sp³-hybridized carbons (Fsp3) is 0.727. The molecule has 4 heterocycles. The van der Waals surface area contributed by atoms with Crippen LogP contribution in [0.5, 0.6) is 0 Å². The van der Waals surface area contributed by atoms with Crippen LogP contribution in [-0.4, -0.2) is 33.0 Å². The summed E-state index contributed by atoms with van der Waals surface area (Å²) in [5.74, 6) is 2.38. The average molecular weight is 492 g/mol. The second kappa shape index (κ2) is 12.4. The summed E-state index contributed by atoms with van der Waals surface area (Å²) in [5.41, 5.74) is 5.47. The lowest BCUT2D eigenvalue weighted by Crippen LogP contribution is -2.14. The Morgan fingerprint density at radius 1 is 0.548 bits per heavy atom. The molecule has 2 aliphatic heterocycles. The zero-order valence-corrected chi connectivity index (χ0v) is 20.6. The molecule has 176 valence electrons. The van der Waals surface area contributed by atoms with Crippen LogP contribution in [0.2, 0.25) is 0 Å². The average Bonchev–Trinajstić information content (AvgIpc) is 3.54. The number of halogens is 3. The standard InChI is InChI=1S/2C11H17N3.3ClH/c2*1-2-5-9-8(4-1)13-11(14-9)10-6-3-7-12-10;;;/h2*10,12H,1-7H2,(H,13,14);3*1H. The van der Waals surface area contributed by atoms with Crippen LogP contribution in [0.15, 0.2) is 0 Å². The first-order valence-electron chi connectivity index (χ1n) is 11.5. The van der Waals surface area contributed by atoms with E-state index in [1.807, 2.05) is 0 Å². The second-order valence-electron chi connectivity index (χ2n) is 8.81. The lowest BCUT2D eigenvalue weighted by atomic mass is 10.0. The molecule has 2 aliphatic carbocycles. The van der Waals surface area contributed by atoms with Gasteiger partial charge in [0.15, 0.2) is 0 Å². The first kappa shape index (κ1) is 26.5. The maximum Gasteiger partial charge on any atom is 0.123 e. The summed E-state index contributed by atoms with van der Waals surface area (Å²) in [6.45, 7) is 2.30. The number of H-pyrrole nitrogens is 2. The van der Waals surface area contributed by atoms with Gasteiger partial charge in [-0.1, -0.05) is 0 Å². The lowest BCUT2D eigenvalue weighted by molar-refractivity contribution is 0.610. The molecule has 0 amide bonds. The number of fused-ring (bicyclic) bond motifs is 2. The van der Waals surface area contributed by atoms with Gasteiger partial charge in [0, 0.05) is 11.4 Å². The molecule has 6 nitrogen and oxygen atoms in total. The third-order valence-corrected chi connectivity index (χ3v) is 6.73. The van der Waals surface area contributed by atoms with Crippen molar-refractivity contribution >= 4 is 37.2 Å². The summed E-state index contributed by atoms with van der Waals surface area (Å²) < 4.78 is 0. The molecule has 2 aromatic rings. The summed E-state index contributed by atoms with van der Waals surface area (Å²) in [6, 6.07) is 1.00. The molecule has 0 spiro atoms. The van der Waals surface area contributed by atoms with Crippen molar-refractivity contribution in [2.45, 2.75) is 89.1 Å². The Kier molecular flexibility index (Phi) is 10.6. The Hall–Kier alpha value is -0.790. The first-order valence-corrected chi connectivity index (χ1v) is 11.5. The molecule has 0 radical (unpaired) electrons. The van der Waals surface area contributed by atoms with E-state index in [2.05, 4.69) is 20.6 Å². The van der Waals surface area contributed by atoms with E-state index in [-0.39, 0.29) is 37.2 Å². The minimum atomic E-state index is 0. The van der Waals surface area contributed by atoms with Crippen molar-refractivity contribution in [1.82, 2.24) is 30.6 Å². The van der Waals surface area contributed by atoms with Gasteiger partial charge < -0.3 is 20.6 Å². The van der Waals surface area contributed by atoms with E-state index >= 15 is 0 Å². The van der Waals surface area contributed by atoms with Crippen molar-refractivity contribution in [3.63, 3.8) is 0 Å². The van der Waals surface area contributed by atoms with Crippen LogP contribution in [0, 0.1) is 0 Å². The van der Waals surface area contributed by atoms with E-state index in [9.17, 15) is 0 Å². The SMILES string of the molecule is C1CCc2[nH]c(C3CCCN3)nc2C1.C1CCc2[nH]c(C3CCCN3)nc2C1.Cl.Cl.Cl. The van der Waals surface area contributed by atoms with Crippen LogP contribution >= 0.6 is 37.2 Å². The van der Waals surface area contributed by atoms with Crippen molar-refractivity contribution in [1.29, 1.82) is 0 Å². The molecule has 2 aromatic heterocycles. The number of imidazole rings is 2. The van der Waals surface area contributed by atoms with Gasteiger partial charge in [0.2, 0.25) is 0 Å². The number of hydrogen-bond donors (Lipinski definition) is 4. The Balaban J connectivity index is 0.000000201. The number of nitrogens with one attached hydrogen (secondary N) is 4. The third kappa shape index (κ3) is 6.17. The fourth-order valence-corrected chi connectivity index (χ4v) is 5.12. The first-order chi connectivity index (χ1) is 13.9. The molecule has 6 rings (SSSR count). The molecule has 2 unspecified atom stereocenters. The molecule has 4 aliphatic rings. The molecule has 2 fully saturated rings. The van der Waals surface area contributed by atoms with Crippen molar-refractivity contribution < 1.29 is 0 Å². The molecule has 0 aromatic carbocycles. The molecule has 2 saturated heterocycles. The number of nitrogens with zero attached hydrogens (tertiary/aromatic N) is 2. The van der Waals surface area contributed by atoms with Crippen molar-refractivity contribution in [3.8, 4) is 0 Å². The van der Waals surface area contributed by atoms with Crippen molar-refractivity contribution in [3.05, 3.63) is 34.4 Å². The van der Waals surface area contributed by atoms with Crippen LogP contribution in [0.1, 0.15) is 97.9 Å². The van der Waals surface area contributed by atoms with E-state index in [0.29, 0.717) is 12.1 Å². The van der Waals surface area contributed by atoms with E-state index in [4.69, 9.17) is 9.97 Å². The van der Waals surface area contributed by atoms with Crippen molar-refractivity contribution in [2.75, 3.05) is 13.1 Å². The number of hydrogen-bond acceptors (Lipinski definition) is 4. The van der Waals surface area contributed by atoms with Gasteiger partial charge in [0.05, 0.1) is 23.5 Å². The normalized spacial score (nSPS) is 23.9. The van der Waals surface area contributed by atoms with E-state index < -0.39 is 0 Å². The summed E-state index contributed by atoms with van der Waals surface area (Å²) in [7, 11) is 0. The summed E-state index contributed by atoms with van der Waals surface area (Å²) in [4.78, 5) is 16.4. The van der Waals surface area contributed by atoms with Gasteiger partial charge in [-0.2, -0.15) is 0 Å². The van der Waals surface area contributed by atoms with Gasteiger partial charge in [-0.15, -0.1) is 37.2 Å². The van der Waals surface area contributed by atoms with Crippen LogP contribution in [0.4, 0.5) is 0 Å². The second-order valence-corrected chi connectivity index (χ2v) is 8.81. The van der Waals surface area contributed by atoms with Gasteiger partial charge in [-0.05, 0) is 90.1 Å². The molecule has 2 atom stereocenters. The molecule has 9 heteroatoms. The van der Waals surface area contributed by atoms with Gasteiger partial charge in [0.25, 0.3) is 0 Å². The highest BCUT2D eigenvalue weighted by Crippen LogP contribution is 2.26. The van der Waals surface area contributed by atoms with Crippen LogP contribution in [0.3, 0.4) is 0 Å². The molecule has 0 bridgehead atoms. The maximum absolute atomic E-state index is 4.71. The van der Waals surface area contributed by atoms with Crippen LogP contribution < -0.4 is 10.6 Å². The molecule has 4 N–H and O–H groups in total. The van der Waals surface area contributed by atoms with Crippen LogP contribution in [-0.2, 0) is 25.7 Å². The third-order valence-electron chi connectivity index (χ3n) is 6.73. The summed E-state index contributed by atoms with van der Waals surface area (Å²) >= 11 is 0. The van der Waals surface area contributed by atoms with Gasteiger partial charge in [0.1, 0.15) is 11.6 Å². The van der Waals surface area contributed by atoms with E-state index in [1.165, 1.54) is 111 Å². The largest absolute Gasteiger partial charge is 0.344 e. The maximum atomic E-state index is 4.71. The molecular formula is C22H37Cl3N6. The Bertz CT molecular complexity index is 680. The van der Waals surface area contributed by atoms with Gasteiger partial charge in [-0.3, -0.25) is 0 Å². The Morgan fingerprint density at radius 3 is 1.32 bits per heavy atom. The fourth-order valence-electron chi connectivity index (χ4n) is 5.12. The topological polar surface area (TPSA) is 81.4 Å². The number of aromatic nitrogens is 4. The zero-order chi connectivity index (χ0) is 18.8. The van der Waals surface area contributed by atoms with Crippen LogP contribution in [0.25, 0.3) is 0 Å². The van der Waals surface area contributed by atoms with E-state index in [0.717, 1.165) is 13.1 Å². The number of aryl methyl sites for hydroxylation is 4. The molecule has 0 saturated carbocycles. The quantitative estimate of drug-likeness (QED) is 0.491. The Morgan fingerprint density at radius 2 is 0.968 bits per heavy atom. The predicted molar refractivity (Wildman–Crippen MR) is 132 cm³/mol. The molecular weight excluding hydrogens is 455 g/mol. The number of rotatable bonds is 2. The smallest absolute Gasteiger partial charge is 0.123 e. The minimum Gasteiger partial charge on any atom is -0.344 e. The lowest BCUT2D eigenvalue weighted by Gasteiger charge is -2.07. The molecule has 31 heavy (non-hydrogen) atoms. The Labute approximate surface area is 204 Å². The monoisotopic (exact) mass is 490 g/mol. The number of aromatic amines is 2. The summed E-state index contributed by atoms with van der Waals surface area (Å²) in [5, 5.41) is 6.98. The van der Waals surface area contributed by atoms with Crippen molar-refractivity contribution in [2.24, 2.45) is 0 Å². The highest BCUT2D eigenvalue weighted by Gasteiger charge is 2.23. The van der Waals surface area contributed by atoms with Gasteiger partial charge >= 0.3 is 0 Å². The summed E-state index contributed by atoms with van der Waals surface area (Å²) in [6.07, 6.45) is 15.1. The van der Waals surface area contributed by atoms with E-state index in [1.54, 1.807) is 0 Å². The highest BCUT2D eigenvalue weighted by molar-refractivity contribution is 5.86. The van der Waals surface area contributed by atoms with Gasteiger partial charge in [-0.25, -0.2) is 9.97 Å².